The van der Waals surface area contributed by atoms with Crippen LogP contribution in [0.15, 0.2) is 41.8 Å². The number of benzene rings is 1. The van der Waals surface area contributed by atoms with Crippen molar-refractivity contribution in [2.45, 2.75) is 6.04 Å². The van der Waals surface area contributed by atoms with Gasteiger partial charge in [-0.1, -0.05) is 18.2 Å². The van der Waals surface area contributed by atoms with Crippen molar-refractivity contribution < 1.29 is 14.4 Å². The van der Waals surface area contributed by atoms with E-state index in [-0.39, 0.29) is 0 Å². The molecule has 1 aliphatic rings. The molecule has 0 N–H and O–H groups in total. The number of aldehydes is 1. The number of thiophene rings is 1. The van der Waals surface area contributed by atoms with Crippen LogP contribution in [0.1, 0.15) is 31.6 Å². The molecule has 1 aromatic heterocycles. The van der Waals surface area contributed by atoms with E-state index in [0.29, 0.717) is 22.3 Å². The molecule has 2 aromatic rings. The summed E-state index contributed by atoms with van der Waals surface area (Å²) in [6.45, 7) is 0. The summed E-state index contributed by atoms with van der Waals surface area (Å²) in [5.41, 5.74) is 0.715. The molecular weight excluding hydrogens is 262 g/mol. The average Bonchev–Trinajstić information content (AvgIpc) is 3.04. The van der Waals surface area contributed by atoms with E-state index in [0.717, 1.165) is 4.90 Å². The summed E-state index contributed by atoms with van der Waals surface area (Å²) in [5, 5.41) is 1.81. The Morgan fingerprint density at radius 1 is 1.00 bits per heavy atom. The number of rotatable bonds is 3. The number of imide groups is 1. The van der Waals surface area contributed by atoms with Crippen LogP contribution in [-0.2, 0) is 4.79 Å². The summed E-state index contributed by atoms with van der Waals surface area (Å²) in [4.78, 5) is 37.5. The Labute approximate surface area is 113 Å². The van der Waals surface area contributed by atoms with Crippen molar-refractivity contribution in [2.24, 2.45) is 0 Å². The second-order valence-electron chi connectivity index (χ2n) is 4.12. The highest BCUT2D eigenvalue weighted by molar-refractivity contribution is 7.10. The van der Waals surface area contributed by atoms with Crippen LogP contribution in [0.5, 0.6) is 0 Å². The van der Waals surface area contributed by atoms with Crippen LogP contribution in [-0.4, -0.2) is 23.0 Å². The van der Waals surface area contributed by atoms with Crippen molar-refractivity contribution in [3.63, 3.8) is 0 Å². The van der Waals surface area contributed by atoms with Crippen LogP contribution < -0.4 is 0 Å². The third kappa shape index (κ3) is 1.70. The highest BCUT2D eigenvalue weighted by atomic mass is 32.1. The maximum Gasteiger partial charge on any atom is 0.262 e. The number of fused-ring (bicyclic) bond motifs is 1. The Kier molecular flexibility index (Phi) is 2.76. The molecule has 1 aromatic carbocycles. The van der Waals surface area contributed by atoms with Gasteiger partial charge in [-0.3, -0.25) is 14.5 Å². The first-order valence-corrected chi connectivity index (χ1v) is 6.57. The van der Waals surface area contributed by atoms with Gasteiger partial charge in [0.15, 0.2) is 0 Å². The predicted molar refractivity (Wildman–Crippen MR) is 70.1 cm³/mol. The highest BCUT2D eigenvalue weighted by Crippen LogP contribution is 2.31. The van der Waals surface area contributed by atoms with Crippen LogP contribution in [0.2, 0.25) is 0 Å². The summed E-state index contributed by atoms with van der Waals surface area (Å²) < 4.78 is 0. The van der Waals surface area contributed by atoms with Crippen molar-refractivity contribution in [2.75, 3.05) is 0 Å². The third-order valence-electron chi connectivity index (χ3n) is 3.07. The number of amides is 2. The molecule has 0 radical (unpaired) electrons. The van der Waals surface area contributed by atoms with E-state index in [1.54, 1.807) is 36.4 Å². The van der Waals surface area contributed by atoms with E-state index in [4.69, 9.17) is 0 Å². The number of carbonyl (C=O) groups is 3. The van der Waals surface area contributed by atoms with Gasteiger partial charge in [-0.05, 0) is 23.6 Å². The van der Waals surface area contributed by atoms with Gasteiger partial charge >= 0.3 is 0 Å². The minimum atomic E-state index is -0.840. The van der Waals surface area contributed by atoms with E-state index >= 15 is 0 Å². The van der Waals surface area contributed by atoms with Gasteiger partial charge in [-0.15, -0.1) is 11.3 Å². The fourth-order valence-corrected chi connectivity index (χ4v) is 2.95. The quantitative estimate of drug-likeness (QED) is 0.635. The van der Waals surface area contributed by atoms with Crippen molar-refractivity contribution in [1.82, 2.24) is 4.90 Å². The SMILES string of the molecule is O=CC(c1cccs1)N1C(=O)c2ccccc2C1=O. The first kappa shape index (κ1) is 11.8. The van der Waals surface area contributed by atoms with Gasteiger partial charge in [0.2, 0.25) is 0 Å². The molecule has 0 aliphatic carbocycles. The molecule has 1 unspecified atom stereocenters. The Morgan fingerprint density at radius 3 is 2.11 bits per heavy atom. The lowest BCUT2D eigenvalue weighted by molar-refractivity contribution is -0.111. The fourth-order valence-electron chi connectivity index (χ4n) is 2.18. The van der Waals surface area contributed by atoms with Gasteiger partial charge < -0.3 is 4.79 Å². The van der Waals surface area contributed by atoms with E-state index in [9.17, 15) is 14.4 Å². The maximum atomic E-state index is 12.3. The largest absolute Gasteiger partial charge is 0.301 e. The number of nitrogens with zero attached hydrogens (tertiary/aromatic N) is 1. The van der Waals surface area contributed by atoms with Crippen LogP contribution in [0.4, 0.5) is 0 Å². The average molecular weight is 271 g/mol. The lowest BCUT2D eigenvalue weighted by Gasteiger charge is -2.19. The predicted octanol–water partition coefficient (Wildman–Crippen LogP) is 2.28. The van der Waals surface area contributed by atoms with Gasteiger partial charge in [-0.2, -0.15) is 0 Å². The minimum Gasteiger partial charge on any atom is -0.301 e. The molecule has 19 heavy (non-hydrogen) atoms. The molecule has 1 atom stereocenters. The van der Waals surface area contributed by atoms with Gasteiger partial charge in [0.05, 0.1) is 11.1 Å². The number of carbonyl (C=O) groups excluding carboxylic acids is 3. The molecule has 2 amide bonds. The van der Waals surface area contributed by atoms with Crippen molar-refractivity contribution in [3.8, 4) is 0 Å². The second-order valence-corrected chi connectivity index (χ2v) is 5.10. The molecule has 1 aliphatic heterocycles. The first-order chi connectivity index (χ1) is 9.24. The lowest BCUT2D eigenvalue weighted by Crippen LogP contribution is -2.34. The molecule has 0 saturated carbocycles. The van der Waals surface area contributed by atoms with E-state index in [1.807, 2.05) is 5.38 Å². The highest BCUT2D eigenvalue weighted by Gasteiger charge is 2.40. The molecule has 0 spiro atoms. The van der Waals surface area contributed by atoms with Gasteiger partial charge in [0.1, 0.15) is 12.3 Å². The summed E-state index contributed by atoms with van der Waals surface area (Å²) in [6, 6.07) is 9.30. The minimum absolute atomic E-state index is 0.357. The van der Waals surface area contributed by atoms with Crippen molar-refractivity contribution >= 4 is 29.4 Å². The topological polar surface area (TPSA) is 54.5 Å². The van der Waals surface area contributed by atoms with Crippen LogP contribution in [0.25, 0.3) is 0 Å². The zero-order valence-electron chi connectivity index (χ0n) is 9.78. The van der Waals surface area contributed by atoms with Gasteiger partial charge in [-0.25, -0.2) is 0 Å². The molecule has 3 rings (SSSR count). The molecule has 0 saturated heterocycles. The van der Waals surface area contributed by atoms with Crippen LogP contribution >= 0.6 is 11.3 Å². The van der Waals surface area contributed by atoms with E-state index in [2.05, 4.69) is 0 Å². The normalized spacial score (nSPS) is 15.5. The molecular formula is C14H9NO3S. The number of hydrogen-bond acceptors (Lipinski definition) is 4. The monoisotopic (exact) mass is 271 g/mol. The van der Waals surface area contributed by atoms with Crippen LogP contribution in [0.3, 0.4) is 0 Å². The van der Waals surface area contributed by atoms with Crippen molar-refractivity contribution in [1.29, 1.82) is 0 Å². The summed E-state index contributed by atoms with van der Waals surface area (Å²) in [6.07, 6.45) is 0.632. The molecule has 2 heterocycles. The van der Waals surface area contributed by atoms with Gasteiger partial charge in [0, 0.05) is 4.88 Å². The Hall–Kier alpha value is -2.27. The molecule has 4 nitrogen and oxygen atoms in total. The third-order valence-corrected chi connectivity index (χ3v) is 4.01. The van der Waals surface area contributed by atoms with Gasteiger partial charge in [0.25, 0.3) is 11.8 Å². The summed E-state index contributed by atoms with van der Waals surface area (Å²) >= 11 is 1.35. The smallest absolute Gasteiger partial charge is 0.262 e. The molecule has 0 bridgehead atoms. The second kappa shape index (κ2) is 4.44. The van der Waals surface area contributed by atoms with Crippen molar-refractivity contribution in [3.05, 3.63) is 57.8 Å². The standard InChI is InChI=1S/C14H9NO3S/c16-8-11(12-6-3-7-19-12)15-13(17)9-4-1-2-5-10(9)14(15)18/h1-8,11H. The summed E-state index contributed by atoms with van der Waals surface area (Å²) in [7, 11) is 0. The first-order valence-electron chi connectivity index (χ1n) is 5.69. The molecule has 0 fully saturated rings. The van der Waals surface area contributed by atoms with E-state index in [1.165, 1.54) is 11.3 Å². The lowest BCUT2D eigenvalue weighted by atomic mass is 10.1. The molecule has 94 valence electrons. The van der Waals surface area contributed by atoms with E-state index < -0.39 is 17.9 Å². The Balaban J connectivity index is 2.06. The van der Waals surface area contributed by atoms with Crippen LogP contribution in [0, 0.1) is 0 Å². The molecule has 5 heteroatoms. The Morgan fingerprint density at radius 2 is 1.63 bits per heavy atom. The number of hydrogen-bond donors (Lipinski definition) is 0. The summed E-state index contributed by atoms with van der Waals surface area (Å²) in [5.74, 6) is -0.822. The maximum absolute atomic E-state index is 12.3. The fraction of sp³-hybridized carbons (Fsp3) is 0.0714. The Bertz CT molecular complexity index is 628. The zero-order chi connectivity index (χ0) is 13.4. The zero-order valence-corrected chi connectivity index (χ0v) is 10.6.